The van der Waals surface area contributed by atoms with Gasteiger partial charge >= 0.3 is 0 Å². The molecule has 0 radical (unpaired) electrons. The number of imide groups is 2. The highest BCUT2D eigenvalue weighted by atomic mass is 16.2. The molecule has 0 bridgehead atoms. The van der Waals surface area contributed by atoms with Crippen molar-refractivity contribution in [3.8, 4) is 0 Å². The van der Waals surface area contributed by atoms with E-state index in [-0.39, 0.29) is 41.8 Å². The van der Waals surface area contributed by atoms with Crippen molar-refractivity contribution in [3.63, 3.8) is 0 Å². The number of piperazine rings is 1. The molecule has 2 saturated heterocycles. The van der Waals surface area contributed by atoms with Gasteiger partial charge in [-0.25, -0.2) is 0 Å². The van der Waals surface area contributed by atoms with Gasteiger partial charge in [0.1, 0.15) is 6.04 Å². The predicted octanol–water partition coefficient (Wildman–Crippen LogP) is 0.254. The van der Waals surface area contributed by atoms with E-state index in [1.807, 2.05) is 4.90 Å². The molecule has 1 aromatic carbocycles. The van der Waals surface area contributed by atoms with Gasteiger partial charge in [-0.05, 0) is 50.3 Å². The molecule has 180 valence electrons. The van der Waals surface area contributed by atoms with Gasteiger partial charge in [0.2, 0.25) is 17.7 Å². The van der Waals surface area contributed by atoms with Crippen LogP contribution in [-0.4, -0.2) is 77.6 Å². The van der Waals surface area contributed by atoms with Crippen LogP contribution in [0.25, 0.3) is 0 Å². The van der Waals surface area contributed by atoms with E-state index in [0.29, 0.717) is 26.2 Å². The SMILES string of the molecule is NC1CCC(C(=O)N2CCN(c3ccc4c(c3)C(=O)N(C3CCC(=O)NC3=O)C4=O)CC2)CC1. The minimum absolute atomic E-state index is 0.0632. The third-order valence-electron chi connectivity index (χ3n) is 7.50. The van der Waals surface area contributed by atoms with Crippen LogP contribution in [0.4, 0.5) is 5.69 Å². The van der Waals surface area contributed by atoms with Gasteiger partial charge in [0, 0.05) is 50.2 Å². The van der Waals surface area contributed by atoms with Gasteiger partial charge in [-0.1, -0.05) is 0 Å². The van der Waals surface area contributed by atoms with E-state index >= 15 is 0 Å². The van der Waals surface area contributed by atoms with E-state index in [1.54, 1.807) is 18.2 Å². The highest BCUT2D eigenvalue weighted by molar-refractivity contribution is 6.23. The number of benzene rings is 1. The highest BCUT2D eigenvalue weighted by Gasteiger charge is 2.44. The normalized spacial score (nSPS) is 27.7. The Labute approximate surface area is 197 Å². The van der Waals surface area contributed by atoms with Crippen LogP contribution in [0.3, 0.4) is 0 Å². The number of hydrogen-bond acceptors (Lipinski definition) is 7. The molecule has 10 heteroatoms. The molecule has 1 unspecified atom stereocenters. The lowest BCUT2D eigenvalue weighted by Gasteiger charge is -2.38. The first-order valence-corrected chi connectivity index (χ1v) is 12.0. The van der Waals surface area contributed by atoms with E-state index in [9.17, 15) is 24.0 Å². The van der Waals surface area contributed by atoms with Gasteiger partial charge in [0.25, 0.3) is 11.8 Å². The first-order chi connectivity index (χ1) is 16.3. The Kier molecular flexibility index (Phi) is 5.85. The fourth-order valence-corrected chi connectivity index (χ4v) is 5.47. The highest BCUT2D eigenvalue weighted by Crippen LogP contribution is 2.31. The second kappa shape index (κ2) is 8.83. The molecule has 34 heavy (non-hydrogen) atoms. The topological polar surface area (TPSA) is 133 Å². The minimum Gasteiger partial charge on any atom is -0.368 e. The third kappa shape index (κ3) is 3.96. The van der Waals surface area contributed by atoms with Gasteiger partial charge in [-0.3, -0.25) is 34.2 Å². The maximum atomic E-state index is 13.1. The number of carbonyl (C=O) groups is 5. The standard InChI is InChI=1S/C24H29N5O5/c25-15-3-1-14(2-4-15)22(32)28-11-9-27(10-12-28)16-5-6-17-18(13-16)24(34)29(23(17)33)19-7-8-20(30)26-21(19)31/h5-6,13-15,19H,1-4,7-12,25H2,(H,26,30,31). The predicted molar refractivity (Wildman–Crippen MR) is 122 cm³/mol. The summed E-state index contributed by atoms with van der Waals surface area (Å²) in [4.78, 5) is 67.5. The van der Waals surface area contributed by atoms with Gasteiger partial charge in [-0.2, -0.15) is 0 Å². The van der Waals surface area contributed by atoms with Crippen LogP contribution < -0.4 is 16.0 Å². The Balaban J connectivity index is 1.25. The molecule has 4 aliphatic rings. The fraction of sp³-hybridized carbons (Fsp3) is 0.542. The Morgan fingerprint density at radius 3 is 2.24 bits per heavy atom. The van der Waals surface area contributed by atoms with Crippen molar-refractivity contribution in [3.05, 3.63) is 29.3 Å². The Bertz CT molecular complexity index is 1060. The number of nitrogens with zero attached hydrogens (tertiary/aromatic N) is 3. The van der Waals surface area contributed by atoms with Crippen LogP contribution in [0.15, 0.2) is 18.2 Å². The molecule has 10 nitrogen and oxygen atoms in total. The van der Waals surface area contributed by atoms with E-state index < -0.39 is 29.7 Å². The molecule has 3 N–H and O–H groups in total. The van der Waals surface area contributed by atoms with Crippen LogP contribution in [0, 0.1) is 5.92 Å². The smallest absolute Gasteiger partial charge is 0.262 e. The molecule has 5 amide bonds. The average Bonchev–Trinajstić information content (AvgIpc) is 3.09. The number of hydrogen-bond donors (Lipinski definition) is 2. The van der Waals surface area contributed by atoms with Crippen LogP contribution in [0.2, 0.25) is 0 Å². The summed E-state index contributed by atoms with van der Waals surface area (Å²) in [6.45, 7) is 2.48. The summed E-state index contributed by atoms with van der Waals surface area (Å²) in [7, 11) is 0. The molecule has 0 spiro atoms. The third-order valence-corrected chi connectivity index (χ3v) is 7.50. The summed E-state index contributed by atoms with van der Waals surface area (Å²) in [6.07, 6.45) is 3.72. The van der Waals surface area contributed by atoms with Crippen molar-refractivity contribution in [2.24, 2.45) is 11.7 Å². The monoisotopic (exact) mass is 467 g/mol. The summed E-state index contributed by atoms with van der Waals surface area (Å²) < 4.78 is 0. The molecule has 3 heterocycles. The lowest BCUT2D eigenvalue weighted by molar-refractivity contribution is -0.137. The van der Waals surface area contributed by atoms with Gasteiger partial charge < -0.3 is 15.5 Å². The number of fused-ring (bicyclic) bond motifs is 1. The van der Waals surface area contributed by atoms with Crippen LogP contribution in [0.5, 0.6) is 0 Å². The molecule has 1 saturated carbocycles. The fourth-order valence-electron chi connectivity index (χ4n) is 5.47. The van der Waals surface area contributed by atoms with Crippen LogP contribution in [0.1, 0.15) is 59.2 Å². The summed E-state index contributed by atoms with van der Waals surface area (Å²) in [5, 5.41) is 2.21. The van der Waals surface area contributed by atoms with Gasteiger partial charge in [0.15, 0.2) is 0 Å². The number of carbonyl (C=O) groups excluding carboxylic acids is 5. The zero-order chi connectivity index (χ0) is 24.0. The zero-order valence-corrected chi connectivity index (χ0v) is 19.0. The number of nitrogens with one attached hydrogen (secondary N) is 1. The average molecular weight is 468 g/mol. The van der Waals surface area contributed by atoms with E-state index in [1.165, 1.54) is 0 Å². The number of nitrogens with two attached hydrogens (primary N) is 1. The molecule has 1 aliphatic carbocycles. The summed E-state index contributed by atoms with van der Waals surface area (Å²) in [5.74, 6) is -1.77. The summed E-state index contributed by atoms with van der Waals surface area (Å²) >= 11 is 0. The quantitative estimate of drug-likeness (QED) is 0.609. The van der Waals surface area contributed by atoms with Crippen LogP contribution in [-0.2, 0) is 14.4 Å². The Morgan fingerprint density at radius 1 is 0.882 bits per heavy atom. The van der Waals surface area contributed by atoms with Crippen LogP contribution >= 0.6 is 0 Å². The number of piperidine rings is 1. The van der Waals surface area contributed by atoms with E-state index in [2.05, 4.69) is 10.2 Å². The molecule has 1 atom stereocenters. The molecule has 1 aromatic rings. The number of anilines is 1. The number of amides is 5. The second-order valence-electron chi connectivity index (χ2n) is 9.60. The maximum absolute atomic E-state index is 13.1. The van der Waals surface area contributed by atoms with E-state index in [0.717, 1.165) is 36.3 Å². The van der Waals surface area contributed by atoms with Crippen molar-refractivity contribution < 1.29 is 24.0 Å². The number of rotatable bonds is 3. The minimum atomic E-state index is -0.975. The van der Waals surface area contributed by atoms with Crippen molar-refractivity contribution in [2.45, 2.75) is 50.6 Å². The van der Waals surface area contributed by atoms with Gasteiger partial charge in [0.05, 0.1) is 11.1 Å². The molecular weight excluding hydrogens is 438 g/mol. The maximum Gasteiger partial charge on any atom is 0.262 e. The van der Waals surface area contributed by atoms with Crippen molar-refractivity contribution >= 4 is 35.2 Å². The zero-order valence-electron chi connectivity index (χ0n) is 19.0. The first kappa shape index (κ1) is 22.5. The van der Waals surface area contributed by atoms with Crippen molar-refractivity contribution in [2.75, 3.05) is 31.1 Å². The second-order valence-corrected chi connectivity index (χ2v) is 9.60. The van der Waals surface area contributed by atoms with Crippen molar-refractivity contribution in [1.29, 1.82) is 0 Å². The van der Waals surface area contributed by atoms with Crippen molar-refractivity contribution in [1.82, 2.24) is 15.1 Å². The Morgan fingerprint density at radius 2 is 1.56 bits per heavy atom. The first-order valence-electron chi connectivity index (χ1n) is 12.0. The lowest BCUT2D eigenvalue weighted by atomic mass is 9.85. The van der Waals surface area contributed by atoms with Gasteiger partial charge in [-0.15, -0.1) is 0 Å². The largest absolute Gasteiger partial charge is 0.368 e. The molecule has 5 rings (SSSR count). The molecular formula is C24H29N5O5. The summed E-state index contributed by atoms with van der Waals surface area (Å²) in [6, 6.07) is 4.36. The molecule has 3 aliphatic heterocycles. The lowest BCUT2D eigenvalue weighted by Crippen LogP contribution is -2.54. The molecule has 3 fully saturated rings. The Hall–Kier alpha value is -3.27. The van der Waals surface area contributed by atoms with E-state index in [4.69, 9.17) is 5.73 Å². The molecule has 0 aromatic heterocycles. The summed E-state index contributed by atoms with van der Waals surface area (Å²) in [5.41, 5.74) is 7.31.